The Morgan fingerprint density at radius 2 is 2.17 bits per heavy atom. The molecule has 3 heteroatoms. The van der Waals surface area contributed by atoms with E-state index in [-0.39, 0.29) is 5.75 Å². The average molecular weight is 169 g/mol. The Balaban J connectivity index is 3.24. The molecular weight excluding hydrogens is 157 g/mol. The lowest BCUT2D eigenvalue weighted by Crippen LogP contribution is -1.99. The van der Waals surface area contributed by atoms with E-state index in [2.05, 4.69) is 0 Å². The van der Waals surface area contributed by atoms with Crippen LogP contribution in [-0.4, -0.2) is 7.11 Å². The van der Waals surface area contributed by atoms with Gasteiger partial charge in [0.15, 0.2) is 11.6 Å². The lowest BCUT2D eigenvalue weighted by atomic mass is 10.1. The minimum Gasteiger partial charge on any atom is -0.492 e. The van der Waals surface area contributed by atoms with Crippen LogP contribution < -0.4 is 10.5 Å². The molecule has 0 aliphatic carbocycles. The number of ether oxygens (including phenoxy) is 1. The van der Waals surface area contributed by atoms with Gasteiger partial charge in [0.1, 0.15) is 0 Å². The number of hydrogen-bond acceptors (Lipinski definition) is 2. The summed E-state index contributed by atoms with van der Waals surface area (Å²) in [6.07, 6.45) is 0.780. The number of halogens is 1. The van der Waals surface area contributed by atoms with Gasteiger partial charge in [-0.2, -0.15) is 0 Å². The molecule has 0 atom stereocenters. The molecule has 1 aromatic rings. The Kier molecular flexibility index (Phi) is 2.53. The molecule has 0 amide bonds. The number of hydrogen-bond donors (Lipinski definition) is 1. The first-order valence-corrected chi connectivity index (χ1v) is 3.81. The molecule has 12 heavy (non-hydrogen) atoms. The number of nitrogens with two attached hydrogens (primary N) is 1. The van der Waals surface area contributed by atoms with Crippen LogP contribution in [0.4, 0.5) is 10.1 Å². The minimum absolute atomic E-state index is 0.148. The lowest BCUT2D eigenvalue weighted by molar-refractivity contribution is 0.388. The Bertz CT molecular complexity index is 286. The van der Waals surface area contributed by atoms with Gasteiger partial charge in [0, 0.05) is 0 Å². The smallest absolute Gasteiger partial charge is 0.177 e. The molecule has 0 unspecified atom stereocenters. The van der Waals surface area contributed by atoms with Crippen LogP contribution in [0.2, 0.25) is 0 Å². The molecule has 0 spiro atoms. The van der Waals surface area contributed by atoms with Crippen LogP contribution in [0.25, 0.3) is 0 Å². The molecule has 2 N–H and O–H groups in total. The summed E-state index contributed by atoms with van der Waals surface area (Å²) in [6, 6.07) is 3.04. The zero-order valence-corrected chi connectivity index (χ0v) is 7.23. The molecule has 0 bridgehead atoms. The summed E-state index contributed by atoms with van der Waals surface area (Å²) in [7, 11) is 1.41. The highest BCUT2D eigenvalue weighted by Crippen LogP contribution is 2.28. The van der Waals surface area contributed by atoms with Crippen molar-refractivity contribution in [2.24, 2.45) is 0 Å². The van der Waals surface area contributed by atoms with Crippen LogP contribution in [0.15, 0.2) is 12.1 Å². The minimum atomic E-state index is -0.410. The standard InChI is InChI=1S/C9H12FNO/c1-3-6-4-5-7(10)9(12-2)8(6)11/h4-5H,3,11H2,1-2H3. The molecule has 1 aromatic carbocycles. The SMILES string of the molecule is CCc1ccc(F)c(OC)c1N. The monoisotopic (exact) mass is 169 g/mol. The Morgan fingerprint density at radius 3 is 2.67 bits per heavy atom. The first-order chi connectivity index (χ1) is 5.70. The Morgan fingerprint density at radius 1 is 1.50 bits per heavy atom. The molecule has 0 heterocycles. The molecule has 2 nitrogen and oxygen atoms in total. The van der Waals surface area contributed by atoms with Gasteiger partial charge in [-0.3, -0.25) is 0 Å². The van der Waals surface area contributed by atoms with Crippen LogP contribution in [0.5, 0.6) is 5.75 Å². The van der Waals surface area contributed by atoms with E-state index < -0.39 is 5.82 Å². The molecule has 0 saturated heterocycles. The van der Waals surface area contributed by atoms with Crippen molar-refractivity contribution in [2.45, 2.75) is 13.3 Å². The molecule has 0 aliphatic rings. The summed E-state index contributed by atoms with van der Waals surface area (Å²) in [4.78, 5) is 0. The van der Waals surface area contributed by atoms with Crippen LogP contribution >= 0.6 is 0 Å². The van der Waals surface area contributed by atoms with Gasteiger partial charge in [0.25, 0.3) is 0 Å². The number of rotatable bonds is 2. The van der Waals surface area contributed by atoms with Crippen LogP contribution in [0.1, 0.15) is 12.5 Å². The van der Waals surface area contributed by atoms with E-state index in [1.165, 1.54) is 13.2 Å². The second-order valence-corrected chi connectivity index (χ2v) is 2.51. The van der Waals surface area contributed by atoms with E-state index in [4.69, 9.17) is 10.5 Å². The highest BCUT2D eigenvalue weighted by Gasteiger charge is 2.09. The maximum absolute atomic E-state index is 13.0. The molecule has 66 valence electrons. The quantitative estimate of drug-likeness (QED) is 0.687. The highest BCUT2D eigenvalue weighted by molar-refractivity contribution is 5.59. The summed E-state index contributed by atoms with van der Waals surface area (Å²) in [5, 5.41) is 0. The predicted octanol–water partition coefficient (Wildman–Crippen LogP) is 1.98. The number of anilines is 1. The second-order valence-electron chi connectivity index (χ2n) is 2.51. The zero-order valence-electron chi connectivity index (χ0n) is 7.23. The second kappa shape index (κ2) is 3.43. The fourth-order valence-electron chi connectivity index (χ4n) is 1.13. The number of benzene rings is 1. The largest absolute Gasteiger partial charge is 0.492 e. The number of aryl methyl sites for hydroxylation is 1. The van der Waals surface area contributed by atoms with E-state index in [0.717, 1.165) is 12.0 Å². The number of nitrogen functional groups attached to an aromatic ring is 1. The van der Waals surface area contributed by atoms with Crippen molar-refractivity contribution < 1.29 is 9.13 Å². The van der Waals surface area contributed by atoms with Crippen molar-refractivity contribution in [1.29, 1.82) is 0 Å². The van der Waals surface area contributed by atoms with Gasteiger partial charge in [-0.05, 0) is 18.1 Å². The molecule has 0 radical (unpaired) electrons. The molecule has 1 rings (SSSR count). The fraction of sp³-hybridized carbons (Fsp3) is 0.333. The maximum atomic E-state index is 13.0. The molecule has 0 aromatic heterocycles. The first kappa shape index (κ1) is 8.84. The van der Waals surface area contributed by atoms with Gasteiger partial charge in [-0.15, -0.1) is 0 Å². The van der Waals surface area contributed by atoms with Crippen LogP contribution in [0, 0.1) is 5.82 Å². The van der Waals surface area contributed by atoms with E-state index in [0.29, 0.717) is 5.69 Å². The molecular formula is C9H12FNO. The van der Waals surface area contributed by atoms with E-state index >= 15 is 0 Å². The molecule has 0 fully saturated rings. The van der Waals surface area contributed by atoms with Crippen LogP contribution in [-0.2, 0) is 6.42 Å². The van der Waals surface area contributed by atoms with Crippen molar-refractivity contribution in [1.82, 2.24) is 0 Å². The Hall–Kier alpha value is -1.25. The van der Waals surface area contributed by atoms with E-state index in [9.17, 15) is 4.39 Å². The van der Waals surface area contributed by atoms with Crippen molar-refractivity contribution >= 4 is 5.69 Å². The van der Waals surface area contributed by atoms with Gasteiger partial charge < -0.3 is 10.5 Å². The molecule has 0 saturated carbocycles. The predicted molar refractivity (Wildman–Crippen MR) is 46.7 cm³/mol. The average Bonchev–Trinajstić information content (AvgIpc) is 2.06. The maximum Gasteiger partial charge on any atom is 0.177 e. The fourth-order valence-corrected chi connectivity index (χ4v) is 1.13. The van der Waals surface area contributed by atoms with Gasteiger partial charge in [-0.1, -0.05) is 13.0 Å². The van der Waals surface area contributed by atoms with E-state index in [1.807, 2.05) is 6.92 Å². The van der Waals surface area contributed by atoms with Crippen molar-refractivity contribution in [3.05, 3.63) is 23.5 Å². The van der Waals surface area contributed by atoms with E-state index in [1.54, 1.807) is 6.07 Å². The van der Waals surface area contributed by atoms with Gasteiger partial charge in [0.2, 0.25) is 0 Å². The van der Waals surface area contributed by atoms with Gasteiger partial charge >= 0.3 is 0 Å². The summed E-state index contributed by atoms with van der Waals surface area (Å²) in [5.74, 6) is -0.262. The van der Waals surface area contributed by atoms with Crippen LogP contribution in [0.3, 0.4) is 0 Å². The summed E-state index contributed by atoms with van der Waals surface area (Å²) in [5.41, 5.74) is 6.95. The topological polar surface area (TPSA) is 35.2 Å². The van der Waals surface area contributed by atoms with Crippen molar-refractivity contribution in [2.75, 3.05) is 12.8 Å². The summed E-state index contributed by atoms with van der Waals surface area (Å²) >= 11 is 0. The third kappa shape index (κ3) is 1.35. The summed E-state index contributed by atoms with van der Waals surface area (Å²) < 4.78 is 17.8. The molecule has 0 aliphatic heterocycles. The third-order valence-electron chi connectivity index (χ3n) is 1.82. The zero-order chi connectivity index (χ0) is 9.14. The lowest BCUT2D eigenvalue weighted by Gasteiger charge is -2.08. The Labute approximate surface area is 71.1 Å². The third-order valence-corrected chi connectivity index (χ3v) is 1.82. The normalized spacial score (nSPS) is 9.92. The van der Waals surface area contributed by atoms with Gasteiger partial charge in [0.05, 0.1) is 12.8 Å². The summed E-state index contributed by atoms with van der Waals surface area (Å²) in [6.45, 7) is 1.96. The highest BCUT2D eigenvalue weighted by atomic mass is 19.1. The van der Waals surface area contributed by atoms with Crippen molar-refractivity contribution in [3.63, 3.8) is 0 Å². The van der Waals surface area contributed by atoms with Crippen molar-refractivity contribution in [3.8, 4) is 5.75 Å². The number of methoxy groups -OCH3 is 1. The first-order valence-electron chi connectivity index (χ1n) is 3.81. The van der Waals surface area contributed by atoms with Gasteiger partial charge in [-0.25, -0.2) is 4.39 Å².